The lowest BCUT2D eigenvalue weighted by atomic mass is 9.93. The average molecular weight is 215 g/mol. The Morgan fingerprint density at radius 3 is 2.40 bits per heavy atom. The molecule has 0 saturated carbocycles. The van der Waals surface area contributed by atoms with Crippen LogP contribution in [0.4, 0.5) is 0 Å². The van der Waals surface area contributed by atoms with E-state index in [1.165, 1.54) is 19.3 Å². The van der Waals surface area contributed by atoms with Gasteiger partial charge in [0.15, 0.2) is 0 Å². The molecule has 3 nitrogen and oxygen atoms in total. The van der Waals surface area contributed by atoms with Gasteiger partial charge < -0.3 is 9.84 Å². The van der Waals surface area contributed by atoms with Gasteiger partial charge >= 0.3 is 0 Å². The highest BCUT2D eigenvalue weighted by Gasteiger charge is 2.34. The van der Waals surface area contributed by atoms with E-state index in [9.17, 15) is 5.11 Å². The van der Waals surface area contributed by atoms with Crippen LogP contribution in [0.5, 0.6) is 0 Å². The summed E-state index contributed by atoms with van der Waals surface area (Å²) >= 11 is 0. The fourth-order valence-corrected chi connectivity index (χ4v) is 2.11. The second kappa shape index (κ2) is 5.83. The number of aliphatic hydroxyl groups is 1. The van der Waals surface area contributed by atoms with Gasteiger partial charge in [0.25, 0.3) is 0 Å². The van der Waals surface area contributed by atoms with Crippen molar-refractivity contribution in [1.29, 1.82) is 0 Å². The van der Waals surface area contributed by atoms with E-state index in [4.69, 9.17) is 4.74 Å². The highest BCUT2D eigenvalue weighted by molar-refractivity contribution is 4.90. The Balaban J connectivity index is 2.46. The van der Waals surface area contributed by atoms with Crippen LogP contribution in [0, 0.1) is 0 Å². The van der Waals surface area contributed by atoms with Crippen molar-refractivity contribution in [3.63, 3.8) is 0 Å². The van der Waals surface area contributed by atoms with Crippen molar-refractivity contribution >= 4 is 0 Å². The molecule has 90 valence electrons. The summed E-state index contributed by atoms with van der Waals surface area (Å²) in [6, 6.07) is 0. The maximum Gasteiger partial charge on any atom is 0.0951 e. The first-order valence-electron chi connectivity index (χ1n) is 6.10. The molecule has 1 aliphatic heterocycles. The summed E-state index contributed by atoms with van der Waals surface area (Å²) in [7, 11) is 0. The topological polar surface area (TPSA) is 32.7 Å². The van der Waals surface area contributed by atoms with E-state index in [0.29, 0.717) is 13.2 Å². The van der Waals surface area contributed by atoms with E-state index in [1.807, 2.05) is 6.92 Å². The van der Waals surface area contributed by atoms with Crippen molar-refractivity contribution in [2.75, 3.05) is 26.3 Å². The van der Waals surface area contributed by atoms with Crippen LogP contribution in [-0.2, 0) is 4.74 Å². The normalized spacial score (nSPS) is 21.6. The molecule has 1 heterocycles. The SMILES string of the molecule is CCOCC(O)C(C)(C)N1CCCCC1. The number of rotatable bonds is 5. The summed E-state index contributed by atoms with van der Waals surface area (Å²) in [5, 5.41) is 10.1. The Morgan fingerprint density at radius 2 is 1.87 bits per heavy atom. The van der Waals surface area contributed by atoms with Crippen LogP contribution in [0.25, 0.3) is 0 Å². The van der Waals surface area contributed by atoms with Crippen LogP contribution in [0.2, 0.25) is 0 Å². The Labute approximate surface area is 93.4 Å². The molecule has 0 aliphatic carbocycles. The maximum absolute atomic E-state index is 10.1. The molecule has 1 saturated heterocycles. The van der Waals surface area contributed by atoms with E-state index in [2.05, 4.69) is 18.7 Å². The molecule has 1 aliphatic rings. The lowest BCUT2D eigenvalue weighted by Gasteiger charge is -2.43. The fourth-order valence-electron chi connectivity index (χ4n) is 2.11. The van der Waals surface area contributed by atoms with Crippen molar-refractivity contribution in [3.05, 3.63) is 0 Å². The third kappa shape index (κ3) is 3.44. The molecule has 0 aromatic carbocycles. The monoisotopic (exact) mass is 215 g/mol. The zero-order valence-electron chi connectivity index (χ0n) is 10.3. The zero-order chi connectivity index (χ0) is 11.3. The van der Waals surface area contributed by atoms with Crippen molar-refractivity contribution < 1.29 is 9.84 Å². The lowest BCUT2D eigenvalue weighted by molar-refractivity contribution is -0.0605. The summed E-state index contributed by atoms with van der Waals surface area (Å²) in [5.74, 6) is 0. The molecule has 15 heavy (non-hydrogen) atoms. The number of piperidine rings is 1. The summed E-state index contributed by atoms with van der Waals surface area (Å²) < 4.78 is 5.30. The van der Waals surface area contributed by atoms with E-state index < -0.39 is 6.10 Å². The minimum atomic E-state index is -0.393. The molecule has 0 aromatic rings. The molecular weight excluding hydrogens is 190 g/mol. The van der Waals surface area contributed by atoms with Crippen LogP contribution in [0.1, 0.15) is 40.0 Å². The summed E-state index contributed by atoms with van der Waals surface area (Å²) in [5.41, 5.74) is -0.157. The third-order valence-corrected chi connectivity index (χ3v) is 3.47. The van der Waals surface area contributed by atoms with Crippen molar-refractivity contribution in [1.82, 2.24) is 4.90 Å². The standard InChI is InChI=1S/C12H25NO2/c1-4-15-10-11(14)12(2,3)13-8-6-5-7-9-13/h11,14H,4-10H2,1-3H3. The van der Waals surface area contributed by atoms with Gasteiger partial charge in [-0.25, -0.2) is 0 Å². The Morgan fingerprint density at radius 1 is 1.27 bits per heavy atom. The largest absolute Gasteiger partial charge is 0.389 e. The highest BCUT2D eigenvalue weighted by Crippen LogP contribution is 2.23. The number of ether oxygens (including phenoxy) is 1. The molecule has 0 amide bonds. The predicted octanol–water partition coefficient (Wildman–Crippen LogP) is 1.65. The number of nitrogens with zero attached hydrogens (tertiary/aromatic N) is 1. The Kier molecular flexibility index (Phi) is 5.03. The van der Waals surface area contributed by atoms with Crippen molar-refractivity contribution in [2.45, 2.75) is 51.7 Å². The van der Waals surface area contributed by atoms with Crippen LogP contribution < -0.4 is 0 Å². The first-order chi connectivity index (χ1) is 7.09. The highest BCUT2D eigenvalue weighted by atomic mass is 16.5. The van der Waals surface area contributed by atoms with E-state index in [-0.39, 0.29) is 5.54 Å². The number of hydrogen-bond acceptors (Lipinski definition) is 3. The van der Waals surface area contributed by atoms with E-state index >= 15 is 0 Å². The number of likely N-dealkylation sites (tertiary alicyclic amines) is 1. The van der Waals surface area contributed by atoms with Crippen molar-refractivity contribution in [2.24, 2.45) is 0 Å². The number of aliphatic hydroxyl groups excluding tert-OH is 1. The summed E-state index contributed by atoms with van der Waals surface area (Å²) in [6.45, 7) is 9.52. The van der Waals surface area contributed by atoms with Gasteiger partial charge in [0.05, 0.1) is 12.7 Å². The minimum Gasteiger partial charge on any atom is -0.389 e. The second-order valence-electron chi connectivity index (χ2n) is 4.88. The summed E-state index contributed by atoms with van der Waals surface area (Å²) in [4.78, 5) is 2.39. The quantitative estimate of drug-likeness (QED) is 0.757. The molecule has 0 spiro atoms. The second-order valence-corrected chi connectivity index (χ2v) is 4.88. The van der Waals surface area contributed by atoms with Crippen LogP contribution >= 0.6 is 0 Å². The smallest absolute Gasteiger partial charge is 0.0951 e. The molecule has 0 aromatic heterocycles. The molecule has 1 rings (SSSR count). The average Bonchev–Trinajstić information content (AvgIpc) is 2.27. The van der Waals surface area contributed by atoms with Crippen LogP contribution in [0.3, 0.4) is 0 Å². The molecule has 0 radical (unpaired) electrons. The Hall–Kier alpha value is -0.120. The first-order valence-corrected chi connectivity index (χ1v) is 6.10. The van der Waals surface area contributed by atoms with Gasteiger partial charge in [-0.3, -0.25) is 4.90 Å². The van der Waals surface area contributed by atoms with Gasteiger partial charge in [0.2, 0.25) is 0 Å². The first kappa shape index (κ1) is 12.9. The predicted molar refractivity (Wildman–Crippen MR) is 62.0 cm³/mol. The van der Waals surface area contributed by atoms with Crippen LogP contribution in [-0.4, -0.2) is 48.0 Å². The Bertz CT molecular complexity index is 176. The molecule has 1 N–H and O–H groups in total. The molecule has 1 unspecified atom stereocenters. The fraction of sp³-hybridized carbons (Fsp3) is 1.00. The molecule has 3 heteroatoms. The van der Waals surface area contributed by atoms with Gasteiger partial charge in [0.1, 0.15) is 0 Å². The van der Waals surface area contributed by atoms with Crippen LogP contribution in [0.15, 0.2) is 0 Å². The molecule has 1 atom stereocenters. The third-order valence-electron chi connectivity index (χ3n) is 3.47. The van der Waals surface area contributed by atoms with Gasteiger partial charge in [-0.15, -0.1) is 0 Å². The number of hydrogen-bond donors (Lipinski definition) is 1. The van der Waals surface area contributed by atoms with E-state index in [0.717, 1.165) is 13.1 Å². The summed E-state index contributed by atoms with van der Waals surface area (Å²) in [6.07, 6.45) is 3.44. The van der Waals surface area contributed by atoms with Gasteiger partial charge in [-0.2, -0.15) is 0 Å². The molecule has 0 bridgehead atoms. The van der Waals surface area contributed by atoms with Gasteiger partial charge in [-0.1, -0.05) is 6.42 Å². The lowest BCUT2D eigenvalue weighted by Crippen LogP contribution is -2.55. The molecule has 1 fully saturated rings. The maximum atomic E-state index is 10.1. The minimum absolute atomic E-state index is 0.157. The van der Waals surface area contributed by atoms with Crippen molar-refractivity contribution in [3.8, 4) is 0 Å². The zero-order valence-corrected chi connectivity index (χ0v) is 10.3. The molecular formula is C12H25NO2. The van der Waals surface area contributed by atoms with Gasteiger partial charge in [-0.05, 0) is 46.7 Å². The van der Waals surface area contributed by atoms with E-state index in [1.54, 1.807) is 0 Å². The van der Waals surface area contributed by atoms with Gasteiger partial charge in [0, 0.05) is 12.1 Å².